The summed E-state index contributed by atoms with van der Waals surface area (Å²) < 4.78 is 6.44. The van der Waals surface area contributed by atoms with Gasteiger partial charge in [-0.15, -0.1) is 11.8 Å². The Morgan fingerprint density at radius 2 is 1.95 bits per heavy atom. The number of carboxylic acid groups (broad SMARTS) is 1. The number of nitrogens with two attached hydrogens (primary N) is 1. The number of carboxylic acids is 1. The first-order valence-corrected chi connectivity index (χ1v) is 15.4. The third-order valence-electron chi connectivity index (χ3n) is 8.42. The highest BCUT2D eigenvalue weighted by Gasteiger charge is 2.61. The molecule has 1 aromatic heterocycles. The van der Waals surface area contributed by atoms with Gasteiger partial charge in [0.1, 0.15) is 23.4 Å². The number of para-hydroxylation sites is 2. The quantitative estimate of drug-likeness (QED) is 0.466. The van der Waals surface area contributed by atoms with E-state index in [0.29, 0.717) is 29.9 Å². The first kappa shape index (κ1) is 27.7. The maximum atomic E-state index is 13.7. The van der Waals surface area contributed by atoms with Crippen molar-refractivity contribution in [2.24, 2.45) is 11.7 Å². The number of amides is 2. The van der Waals surface area contributed by atoms with Gasteiger partial charge in [0.15, 0.2) is 0 Å². The molecule has 0 radical (unpaired) electrons. The molecule has 1 aliphatic carbocycles. The van der Waals surface area contributed by atoms with Gasteiger partial charge in [0.2, 0.25) is 17.7 Å². The van der Waals surface area contributed by atoms with Crippen molar-refractivity contribution in [3.8, 4) is 5.88 Å². The highest BCUT2D eigenvalue weighted by Crippen LogP contribution is 2.45. The minimum Gasteiger partial charge on any atom is -0.479 e. The Kier molecular flexibility index (Phi) is 7.74. The standard InChI is InChI=1S/C30H35N5O5S/c31-20-10-5-3-1-2-4-9-18-16-30(18,29(38)39)34-26(36)23-15-19(17-35(23)28(20)37)40-27-25(24-13-8-14-41-24)32-21-11-6-7-12-22(21)33-27/h4,6-7,9,11-13,18-20,23H,1-3,5,8,10,14-17,31H2,(H,34,36)(H,38,39)/b9-4-/t18-,19-,20+,23+,30-/m1/s1. The minimum absolute atomic E-state index is 0.147. The SMILES string of the molecule is N[C@H]1CCCCC/C=C\[C@@H]2C[C@@]2(C(=O)O)NC(=O)[C@@H]2C[C@@H](Oc3nc4ccccc4nc3C3=CCCS3)CN2C1=O. The van der Waals surface area contributed by atoms with Crippen molar-refractivity contribution in [1.29, 1.82) is 0 Å². The van der Waals surface area contributed by atoms with Gasteiger partial charge in [-0.1, -0.05) is 43.2 Å². The molecule has 10 nitrogen and oxygen atoms in total. The zero-order chi connectivity index (χ0) is 28.6. The first-order valence-electron chi connectivity index (χ1n) is 14.4. The number of carbonyl (C=O) groups excluding carboxylic acids is 2. The lowest BCUT2D eigenvalue weighted by molar-refractivity contribution is -0.145. The number of benzene rings is 1. The molecule has 1 saturated carbocycles. The van der Waals surface area contributed by atoms with E-state index in [0.717, 1.165) is 48.3 Å². The van der Waals surface area contributed by atoms with Crippen molar-refractivity contribution in [3.05, 3.63) is 48.2 Å². The van der Waals surface area contributed by atoms with Crippen LogP contribution in [0.25, 0.3) is 15.9 Å². The molecule has 4 N–H and O–H groups in total. The Morgan fingerprint density at radius 1 is 1.15 bits per heavy atom. The average Bonchev–Trinajstić information content (AvgIpc) is 3.29. The lowest BCUT2D eigenvalue weighted by Crippen LogP contribution is -2.55. The fraction of sp³-hybridized carbons (Fsp3) is 0.500. The molecule has 6 rings (SSSR count). The number of hydrogen-bond acceptors (Lipinski definition) is 8. The summed E-state index contributed by atoms with van der Waals surface area (Å²) >= 11 is 1.70. The van der Waals surface area contributed by atoms with Gasteiger partial charge in [0, 0.05) is 23.0 Å². The van der Waals surface area contributed by atoms with E-state index in [2.05, 4.69) is 11.4 Å². The van der Waals surface area contributed by atoms with Crippen molar-refractivity contribution in [1.82, 2.24) is 20.2 Å². The van der Waals surface area contributed by atoms with Gasteiger partial charge in [0.25, 0.3) is 0 Å². The number of ether oxygens (including phenoxy) is 1. The van der Waals surface area contributed by atoms with Gasteiger partial charge >= 0.3 is 5.97 Å². The number of allylic oxidation sites excluding steroid dienone is 2. The van der Waals surface area contributed by atoms with Crippen LogP contribution in [0.3, 0.4) is 0 Å². The maximum Gasteiger partial charge on any atom is 0.330 e. The molecule has 4 aliphatic rings. The summed E-state index contributed by atoms with van der Waals surface area (Å²) in [5, 5.41) is 12.8. The van der Waals surface area contributed by atoms with Crippen LogP contribution >= 0.6 is 11.8 Å². The van der Waals surface area contributed by atoms with Crippen molar-refractivity contribution in [2.75, 3.05) is 12.3 Å². The lowest BCUT2D eigenvalue weighted by atomic mass is 10.1. The summed E-state index contributed by atoms with van der Waals surface area (Å²) in [5.41, 5.74) is 7.08. The smallest absolute Gasteiger partial charge is 0.330 e. The average molecular weight is 578 g/mol. The number of fused-ring (bicyclic) bond motifs is 3. The van der Waals surface area contributed by atoms with Gasteiger partial charge in [-0.25, -0.2) is 14.8 Å². The third kappa shape index (κ3) is 5.57. The van der Waals surface area contributed by atoms with Gasteiger partial charge in [-0.3, -0.25) is 9.59 Å². The van der Waals surface area contributed by atoms with Gasteiger partial charge in [-0.05, 0) is 44.2 Å². The highest BCUT2D eigenvalue weighted by molar-refractivity contribution is 8.08. The van der Waals surface area contributed by atoms with Crippen LogP contribution in [0.1, 0.15) is 57.1 Å². The number of aliphatic carboxylic acids is 1. The fourth-order valence-electron chi connectivity index (χ4n) is 6.01. The van der Waals surface area contributed by atoms with Crippen LogP contribution in [0.4, 0.5) is 0 Å². The predicted molar refractivity (Wildman–Crippen MR) is 156 cm³/mol. The predicted octanol–water partition coefficient (Wildman–Crippen LogP) is 3.26. The second-order valence-corrected chi connectivity index (χ2v) is 12.4. The van der Waals surface area contributed by atoms with Gasteiger partial charge in [0.05, 0.1) is 23.6 Å². The first-order chi connectivity index (χ1) is 19.9. The summed E-state index contributed by atoms with van der Waals surface area (Å²) in [7, 11) is 0. The van der Waals surface area contributed by atoms with E-state index in [1.807, 2.05) is 36.4 Å². The molecule has 2 fully saturated rings. The highest BCUT2D eigenvalue weighted by atomic mass is 32.2. The molecule has 0 unspecified atom stereocenters. The van der Waals surface area contributed by atoms with Crippen molar-refractivity contribution in [2.45, 2.75) is 75.1 Å². The van der Waals surface area contributed by atoms with Crippen LogP contribution in [-0.4, -0.2) is 73.8 Å². The van der Waals surface area contributed by atoms with Crippen LogP contribution in [0.15, 0.2) is 42.5 Å². The number of rotatable bonds is 4. The molecule has 2 aromatic rings. The largest absolute Gasteiger partial charge is 0.479 e. The number of aromatic nitrogens is 2. The third-order valence-corrected chi connectivity index (χ3v) is 9.53. The second-order valence-electron chi connectivity index (χ2n) is 11.3. The van der Waals surface area contributed by atoms with Crippen molar-refractivity contribution in [3.63, 3.8) is 0 Å². The summed E-state index contributed by atoms with van der Waals surface area (Å²) in [6.45, 7) is 0.147. The number of hydrogen-bond donors (Lipinski definition) is 3. The molecule has 216 valence electrons. The molecule has 4 heterocycles. The molecular weight excluding hydrogens is 542 g/mol. The number of nitrogens with zero attached hydrogens (tertiary/aromatic N) is 3. The van der Waals surface area contributed by atoms with Crippen LogP contribution in [0.5, 0.6) is 5.88 Å². The van der Waals surface area contributed by atoms with E-state index >= 15 is 0 Å². The molecule has 0 spiro atoms. The molecule has 11 heteroatoms. The Balaban J connectivity index is 1.29. The van der Waals surface area contributed by atoms with Crippen molar-refractivity contribution < 1.29 is 24.2 Å². The lowest BCUT2D eigenvalue weighted by Gasteiger charge is -2.27. The number of carbonyl (C=O) groups is 3. The molecular formula is C30H35N5O5S. The normalized spacial score (nSPS) is 31.3. The van der Waals surface area contributed by atoms with Crippen LogP contribution < -0.4 is 15.8 Å². The minimum atomic E-state index is -1.35. The Labute approximate surface area is 242 Å². The van der Waals surface area contributed by atoms with E-state index in [1.54, 1.807) is 11.8 Å². The summed E-state index contributed by atoms with van der Waals surface area (Å²) in [5.74, 6) is -0.839. The number of thioether (sulfide) groups is 1. The molecule has 1 aromatic carbocycles. The summed E-state index contributed by atoms with van der Waals surface area (Å²) in [4.78, 5) is 51.6. The Morgan fingerprint density at radius 3 is 2.71 bits per heavy atom. The topological polar surface area (TPSA) is 148 Å². The van der Waals surface area contributed by atoms with E-state index in [4.69, 9.17) is 20.4 Å². The van der Waals surface area contributed by atoms with Gasteiger partial charge in [-0.2, -0.15) is 0 Å². The molecule has 0 bridgehead atoms. The van der Waals surface area contributed by atoms with E-state index in [9.17, 15) is 19.5 Å². The van der Waals surface area contributed by atoms with Crippen LogP contribution in [0.2, 0.25) is 0 Å². The van der Waals surface area contributed by atoms with Gasteiger partial charge < -0.3 is 25.8 Å². The zero-order valence-corrected chi connectivity index (χ0v) is 23.6. The van der Waals surface area contributed by atoms with E-state index < -0.39 is 35.6 Å². The summed E-state index contributed by atoms with van der Waals surface area (Å²) in [6, 6.07) is 5.93. The monoisotopic (exact) mass is 577 g/mol. The van der Waals surface area contributed by atoms with Crippen molar-refractivity contribution >= 4 is 45.5 Å². The summed E-state index contributed by atoms with van der Waals surface area (Å²) in [6.07, 6.45) is 10.9. The fourth-order valence-corrected chi connectivity index (χ4v) is 6.97. The van der Waals surface area contributed by atoms with Crippen LogP contribution in [0, 0.1) is 5.92 Å². The molecule has 2 amide bonds. The number of nitrogens with one attached hydrogen (secondary N) is 1. The molecule has 41 heavy (non-hydrogen) atoms. The maximum absolute atomic E-state index is 13.7. The Hall–Kier alpha value is -3.44. The molecule has 5 atom stereocenters. The zero-order valence-electron chi connectivity index (χ0n) is 22.8. The second kappa shape index (κ2) is 11.4. The Bertz CT molecular complexity index is 1430. The molecule has 3 aliphatic heterocycles. The van der Waals surface area contributed by atoms with Crippen LogP contribution in [-0.2, 0) is 14.4 Å². The van der Waals surface area contributed by atoms with E-state index in [-0.39, 0.29) is 24.8 Å². The molecule has 1 saturated heterocycles. The van der Waals surface area contributed by atoms with E-state index in [1.165, 1.54) is 4.90 Å².